The van der Waals surface area contributed by atoms with Gasteiger partial charge in [0.25, 0.3) is 0 Å². The standard InChI is InChI=1S/C10H18N2O3/c1-2-5-11-8(14)9(15)12-6-10(7-13)3-4-10/h13H,2-7H2,1H3,(H,11,14)(H,12,15). The molecule has 0 saturated heterocycles. The maximum atomic E-state index is 11.2. The third-order valence-corrected chi connectivity index (χ3v) is 2.66. The molecule has 86 valence electrons. The molecule has 0 unspecified atom stereocenters. The highest BCUT2D eigenvalue weighted by Crippen LogP contribution is 2.44. The predicted octanol–water partition coefficient (Wildman–Crippen LogP) is -0.599. The highest BCUT2D eigenvalue weighted by Gasteiger charge is 2.42. The Labute approximate surface area is 89.2 Å². The third kappa shape index (κ3) is 3.51. The topological polar surface area (TPSA) is 78.4 Å². The van der Waals surface area contributed by atoms with Crippen LogP contribution in [0.5, 0.6) is 0 Å². The summed E-state index contributed by atoms with van der Waals surface area (Å²) in [6.07, 6.45) is 2.64. The predicted molar refractivity (Wildman–Crippen MR) is 55.1 cm³/mol. The normalized spacial score (nSPS) is 16.9. The van der Waals surface area contributed by atoms with Gasteiger partial charge < -0.3 is 15.7 Å². The van der Waals surface area contributed by atoms with Gasteiger partial charge in [-0.2, -0.15) is 0 Å². The first-order chi connectivity index (χ1) is 7.13. The first kappa shape index (κ1) is 12.0. The Morgan fingerprint density at radius 3 is 2.33 bits per heavy atom. The molecule has 0 aromatic carbocycles. The zero-order valence-electron chi connectivity index (χ0n) is 9.01. The van der Waals surface area contributed by atoms with Crippen LogP contribution in [-0.2, 0) is 9.59 Å². The number of aliphatic hydroxyl groups is 1. The van der Waals surface area contributed by atoms with Crippen molar-refractivity contribution < 1.29 is 14.7 Å². The van der Waals surface area contributed by atoms with Crippen molar-refractivity contribution in [2.45, 2.75) is 26.2 Å². The van der Waals surface area contributed by atoms with Crippen LogP contribution in [0, 0.1) is 5.41 Å². The number of carbonyl (C=O) groups excluding carboxylic acids is 2. The van der Waals surface area contributed by atoms with Gasteiger partial charge in [0.15, 0.2) is 0 Å². The van der Waals surface area contributed by atoms with Crippen molar-refractivity contribution in [2.24, 2.45) is 5.41 Å². The fourth-order valence-corrected chi connectivity index (χ4v) is 1.23. The Morgan fingerprint density at radius 2 is 1.87 bits per heavy atom. The summed E-state index contributed by atoms with van der Waals surface area (Å²) in [6.45, 7) is 2.90. The highest BCUT2D eigenvalue weighted by molar-refractivity contribution is 6.35. The van der Waals surface area contributed by atoms with Crippen LogP contribution in [0.4, 0.5) is 0 Å². The number of hydrogen-bond donors (Lipinski definition) is 3. The first-order valence-electron chi connectivity index (χ1n) is 5.30. The maximum absolute atomic E-state index is 11.2. The Hall–Kier alpha value is -1.10. The lowest BCUT2D eigenvalue weighted by Crippen LogP contribution is -2.42. The third-order valence-electron chi connectivity index (χ3n) is 2.66. The van der Waals surface area contributed by atoms with Gasteiger partial charge in [0.1, 0.15) is 0 Å². The minimum Gasteiger partial charge on any atom is -0.396 e. The summed E-state index contributed by atoms with van der Waals surface area (Å²) in [5.41, 5.74) is -0.152. The number of rotatable bonds is 5. The summed E-state index contributed by atoms with van der Waals surface area (Å²) in [6, 6.07) is 0. The first-order valence-corrected chi connectivity index (χ1v) is 5.30. The molecule has 1 rings (SSSR count). The van der Waals surface area contributed by atoms with Gasteiger partial charge >= 0.3 is 11.8 Å². The quantitative estimate of drug-likeness (QED) is 0.535. The number of hydrogen-bond acceptors (Lipinski definition) is 3. The van der Waals surface area contributed by atoms with Crippen molar-refractivity contribution in [3.8, 4) is 0 Å². The molecule has 15 heavy (non-hydrogen) atoms. The summed E-state index contributed by atoms with van der Waals surface area (Å²) in [7, 11) is 0. The second kappa shape index (κ2) is 5.11. The van der Waals surface area contributed by atoms with Crippen molar-refractivity contribution in [2.75, 3.05) is 19.7 Å². The van der Waals surface area contributed by atoms with Gasteiger partial charge in [0.05, 0.1) is 6.61 Å². The SMILES string of the molecule is CCCNC(=O)C(=O)NCC1(CO)CC1. The van der Waals surface area contributed by atoms with Gasteiger partial charge in [-0.05, 0) is 19.3 Å². The average Bonchev–Trinajstić information content (AvgIpc) is 3.03. The molecule has 0 spiro atoms. The van der Waals surface area contributed by atoms with Crippen LogP contribution in [-0.4, -0.2) is 36.6 Å². The zero-order valence-corrected chi connectivity index (χ0v) is 9.01. The molecular weight excluding hydrogens is 196 g/mol. The van der Waals surface area contributed by atoms with Crippen molar-refractivity contribution in [3.63, 3.8) is 0 Å². The van der Waals surface area contributed by atoms with E-state index in [-0.39, 0.29) is 12.0 Å². The van der Waals surface area contributed by atoms with Gasteiger partial charge in [-0.15, -0.1) is 0 Å². The van der Waals surface area contributed by atoms with E-state index >= 15 is 0 Å². The van der Waals surface area contributed by atoms with Crippen LogP contribution in [0.3, 0.4) is 0 Å². The van der Waals surface area contributed by atoms with E-state index in [1.807, 2.05) is 6.92 Å². The van der Waals surface area contributed by atoms with E-state index in [2.05, 4.69) is 10.6 Å². The number of nitrogens with one attached hydrogen (secondary N) is 2. The molecule has 0 aliphatic heterocycles. The highest BCUT2D eigenvalue weighted by atomic mass is 16.3. The van der Waals surface area contributed by atoms with E-state index in [1.54, 1.807) is 0 Å². The van der Waals surface area contributed by atoms with Gasteiger partial charge in [0, 0.05) is 18.5 Å². The molecule has 1 fully saturated rings. The Bertz CT molecular complexity index is 249. The average molecular weight is 214 g/mol. The van der Waals surface area contributed by atoms with Crippen molar-refractivity contribution >= 4 is 11.8 Å². The van der Waals surface area contributed by atoms with E-state index in [0.29, 0.717) is 13.1 Å². The number of amides is 2. The summed E-state index contributed by atoms with van der Waals surface area (Å²) in [4.78, 5) is 22.4. The van der Waals surface area contributed by atoms with Crippen molar-refractivity contribution in [1.29, 1.82) is 0 Å². The molecule has 0 radical (unpaired) electrons. The maximum Gasteiger partial charge on any atom is 0.309 e. The Morgan fingerprint density at radius 1 is 1.27 bits per heavy atom. The second-order valence-electron chi connectivity index (χ2n) is 4.10. The molecule has 0 heterocycles. The zero-order chi connectivity index (χ0) is 11.3. The van der Waals surface area contributed by atoms with Gasteiger partial charge in [-0.1, -0.05) is 6.92 Å². The lowest BCUT2D eigenvalue weighted by Gasteiger charge is -2.12. The summed E-state index contributed by atoms with van der Waals surface area (Å²) < 4.78 is 0. The van der Waals surface area contributed by atoms with Gasteiger partial charge in [-0.25, -0.2) is 0 Å². The molecule has 3 N–H and O–H groups in total. The van der Waals surface area contributed by atoms with Crippen molar-refractivity contribution in [3.05, 3.63) is 0 Å². The largest absolute Gasteiger partial charge is 0.396 e. The lowest BCUT2D eigenvalue weighted by atomic mass is 10.1. The molecule has 2 amide bonds. The molecule has 1 aliphatic rings. The number of carbonyl (C=O) groups is 2. The van der Waals surface area contributed by atoms with Crippen molar-refractivity contribution in [1.82, 2.24) is 10.6 Å². The van der Waals surface area contributed by atoms with Gasteiger partial charge in [-0.3, -0.25) is 9.59 Å². The van der Waals surface area contributed by atoms with Crippen LogP contribution >= 0.6 is 0 Å². The molecule has 1 aliphatic carbocycles. The second-order valence-corrected chi connectivity index (χ2v) is 4.10. The summed E-state index contributed by atoms with van der Waals surface area (Å²) in [5.74, 6) is -1.20. The lowest BCUT2D eigenvalue weighted by molar-refractivity contribution is -0.139. The molecule has 0 aromatic heterocycles. The fourth-order valence-electron chi connectivity index (χ4n) is 1.23. The van der Waals surface area contributed by atoms with E-state index in [4.69, 9.17) is 5.11 Å². The van der Waals surface area contributed by atoms with E-state index in [0.717, 1.165) is 19.3 Å². The summed E-state index contributed by atoms with van der Waals surface area (Å²) >= 11 is 0. The summed E-state index contributed by atoms with van der Waals surface area (Å²) in [5, 5.41) is 14.0. The van der Waals surface area contributed by atoms with Crippen LogP contribution in [0.1, 0.15) is 26.2 Å². The number of aliphatic hydroxyl groups excluding tert-OH is 1. The molecule has 0 atom stereocenters. The van der Waals surface area contributed by atoms with E-state index in [1.165, 1.54) is 0 Å². The Kier molecular flexibility index (Phi) is 4.08. The minimum absolute atomic E-state index is 0.0733. The molecule has 1 saturated carbocycles. The minimum atomic E-state index is -0.608. The van der Waals surface area contributed by atoms with Crippen LogP contribution in [0.15, 0.2) is 0 Å². The smallest absolute Gasteiger partial charge is 0.309 e. The van der Waals surface area contributed by atoms with E-state index in [9.17, 15) is 9.59 Å². The van der Waals surface area contributed by atoms with Crippen LogP contribution < -0.4 is 10.6 Å². The molecular formula is C10H18N2O3. The molecule has 0 bridgehead atoms. The van der Waals surface area contributed by atoms with Crippen LogP contribution in [0.2, 0.25) is 0 Å². The van der Waals surface area contributed by atoms with E-state index < -0.39 is 11.8 Å². The van der Waals surface area contributed by atoms with Gasteiger partial charge in [0.2, 0.25) is 0 Å². The monoisotopic (exact) mass is 214 g/mol. The molecule has 5 heteroatoms. The fraction of sp³-hybridized carbons (Fsp3) is 0.800. The Balaban J connectivity index is 2.20. The molecule has 5 nitrogen and oxygen atoms in total. The molecule has 0 aromatic rings. The van der Waals surface area contributed by atoms with Crippen LogP contribution in [0.25, 0.3) is 0 Å².